The van der Waals surface area contributed by atoms with Gasteiger partial charge in [0, 0.05) is 0 Å². The first-order valence-electron chi connectivity index (χ1n) is 9.88. The van der Waals surface area contributed by atoms with Crippen LogP contribution in [-0.2, 0) is 0 Å². The van der Waals surface area contributed by atoms with E-state index in [0.29, 0.717) is 0 Å². The molecule has 0 saturated heterocycles. The van der Waals surface area contributed by atoms with Gasteiger partial charge in [0.2, 0.25) is 0 Å². The predicted molar refractivity (Wildman–Crippen MR) is 119 cm³/mol. The number of benzene rings is 4. The summed E-state index contributed by atoms with van der Waals surface area (Å²) in [6.45, 7) is 0.439. The molecule has 0 N–H and O–H groups in total. The smallest absolute Gasteiger partial charge is 0.295 e. The number of fused-ring (bicyclic) bond motifs is 11. The average molecular weight is 354 g/mol. The van der Waals surface area contributed by atoms with Gasteiger partial charge < -0.3 is 0 Å². The molecular weight excluding hydrogens is 338 g/mol. The molecule has 0 atom stereocenters. The van der Waals surface area contributed by atoms with E-state index in [2.05, 4.69) is 107 Å². The minimum atomic E-state index is 0.220. The van der Waals surface area contributed by atoms with Gasteiger partial charge in [-0.25, -0.2) is 0 Å². The summed E-state index contributed by atoms with van der Waals surface area (Å²) in [7, 11) is 0. The highest BCUT2D eigenvalue weighted by Crippen LogP contribution is 2.39. The van der Waals surface area contributed by atoms with Gasteiger partial charge in [0.1, 0.15) is 0 Å². The van der Waals surface area contributed by atoms with Crippen molar-refractivity contribution in [1.82, 2.24) is 4.83 Å². The molecule has 0 unspecified atom stereocenters. The molecule has 0 saturated carbocycles. The third-order valence-corrected chi connectivity index (χ3v) is 6.48. The van der Waals surface area contributed by atoms with Crippen LogP contribution in [0.1, 0.15) is 0 Å². The van der Waals surface area contributed by atoms with Crippen LogP contribution < -0.4 is 26.9 Å². The molecule has 0 spiro atoms. The molecule has 0 aromatic heterocycles. The maximum Gasteiger partial charge on any atom is 0.303 e. The van der Waals surface area contributed by atoms with Crippen molar-refractivity contribution in [1.29, 1.82) is 0 Å². The van der Waals surface area contributed by atoms with Crippen LogP contribution in [0.25, 0.3) is 11.1 Å². The molecule has 4 aromatic rings. The third kappa shape index (κ3) is 1.65. The van der Waals surface area contributed by atoms with Gasteiger partial charge in [-0.3, -0.25) is 9.84 Å². The van der Waals surface area contributed by atoms with E-state index in [1.54, 1.807) is 0 Å². The maximum atomic E-state index is 2.60. The molecular formula is C24H16B2N2. The Kier molecular flexibility index (Phi) is 2.74. The minimum Gasteiger partial charge on any atom is -0.295 e. The Bertz CT molecular complexity index is 1170. The first-order valence-corrected chi connectivity index (χ1v) is 9.88. The molecule has 3 aliphatic heterocycles. The molecule has 4 aromatic carbocycles. The van der Waals surface area contributed by atoms with Gasteiger partial charge in [0.25, 0.3) is 0 Å². The molecule has 4 heteroatoms. The standard InChI is InChI=1S/C24H16B2N2/c1-3-11-19-17(9-1)18-10-2-4-12-20(18)26-22-14-6-8-16-24(22)27-23-15-7-5-13-21(23)25(19)28(26)27/h1-16H. The quantitative estimate of drug-likeness (QED) is 0.447. The molecule has 128 valence electrons. The fourth-order valence-corrected chi connectivity index (χ4v) is 5.45. The SMILES string of the molecule is c1ccc2c(c1)B1c3ccccc3N3c4ccccc4B(c4ccccc4-2)N13. The summed E-state index contributed by atoms with van der Waals surface area (Å²) in [5.41, 5.74) is 10.9. The van der Waals surface area contributed by atoms with Crippen molar-refractivity contribution in [3.05, 3.63) is 97.1 Å². The highest BCUT2D eigenvalue weighted by Gasteiger charge is 2.54. The second kappa shape index (κ2) is 5.18. The number of para-hydroxylation sites is 2. The second-order valence-corrected chi connectivity index (χ2v) is 7.79. The van der Waals surface area contributed by atoms with E-state index in [4.69, 9.17) is 0 Å². The van der Waals surface area contributed by atoms with Gasteiger partial charge in [0.05, 0.1) is 11.4 Å². The van der Waals surface area contributed by atoms with Crippen molar-refractivity contribution in [2.75, 3.05) is 5.01 Å². The molecule has 28 heavy (non-hydrogen) atoms. The third-order valence-electron chi connectivity index (χ3n) is 6.48. The Morgan fingerprint density at radius 2 is 0.821 bits per heavy atom. The van der Waals surface area contributed by atoms with Gasteiger partial charge in [-0.05, 0) is 45.1 Å². The van der Waals surface area contributed by atoms with Crippen LogP contribution >= 0.6 is 0 Å². The van der Waals surface area contributed by atoms with E-state index in [1.165, 1.54) is 44.4 Å². The predicted octanol–water partition coefficient (Wildman–Crippen LogP) is 2.26. The van der Waals surface area contributed by atoms with Crippen LogP contribution in [0.3, 0.4) is 0 Å². The van der Waals surface area contributed by atoms with E-state index in [-0.39, 0.29) is 13.7 Å². The molecule has 3 aliphatic rings. The molecule has 0 fully saturated rings. The minimum absolute atomic E-state index is 0.220. The number of hydrogen-bond donors (Lipinski definition) is 0. The Morgan fingerprint density at radius 3 is 1.32 bits per heavy atom. The molecule has 0 aliphatic carbocycles. The number of rotatable bonds is 0. The summed E-state index contributed by atoms with van der Waals surface area (Å²) in [5.74, 6) is 0. The molecule has 0 bridgehead atoms. The van der Waals surface area contributed by atoms with E-state index >= 15 is 0 Å². The van der Waals surface area contributed by atoms with Crippen LogP contribution in [0.5, 0.6) is 0 Å². The number of anilines is 2. The molecule has 7 rings (SSSR count). The largest absolute Gasteiger partial charge is 0.303 e. The summed E-state index contributed by atoms with van der Waals surface area (Å²) in [5, 5.41) is 2.46. The van der Waals surface area contributed by atoms with Crippen molar-refractivity contribution >= 4 is 46.9 Å². The fraction of sp³-hybridized carbons (Fsp3) is 0. The van der Waals surface area contributed by atoms with Crippen LogP contribution in [-0.4, -0.2) is 18.5 Å². The molecule has 0 amide bonds. The first kappa shape index (κ1) is 14.8. The fourth-order valence-electron chi connectivity index (χ4n) is 5.45. The molecule has 0 radical (unpaired) electrons. The molecule has 2 nitrogen and oxygen atoms in total. The monoisotopic (exact) mass is 354 g/mol. The van der Waals surface area contributed by atoms with Crippen molar-refractivity contribution in [3.8, 4) is 11.1 Å². The summed E-state index contributed by atoms with van der Waals surface area (Å²) in [6.07, 6.45) is 0. The van der Waals surface area contributed by atoms with Gasteiger partial charge in [-0.1, -0.05) is 84.9 Å². The second-order valence-electron chi connectivity index (χ2n) is 7.79. The summed E-state index contributed by atoms with van der Waals surface area (Å²) in [6, 6.07) is 35.6. The van der Waals surface area contributed by atoms with Crippen LogP contribution in [0, 0.1) is 0 Å². The number of nitrogens with zero attached hydrogens (tertiary/aromatic N) is 2. The zero-order valence-corrected chi connectivity index (χ0v) is 15.3. The topological polar surface area (TPSA) is 6.48 Å². The number of hydrogen-bond acceptors (Lipinski definition) is 2. The first-order chi connectivity index (χ1) is 13.9. The van der Waals surface area contributed by atoms with E-state index < -0.39 is 0 Å². The Balaban J connectivity index is 1.66. The lowest BCUT2D eigenvalue weighted by atomic mass is 9.41. The van der Waals surface area contributed by atoms with Gasteiger partial charge in [-0.15, -0.1) is 0 Å². The highest BCUT2D eigenvalue weighted by atomic mass is 15.6. The van der Waals surface area contributed by atoms with Crippen molar-refractivity contribution in [2.45, 2.75) is 0 Å². The summed E-state index contributed by atoms with van der Waals surface area (Å²) < 4.78 is 0. The Hall–Kier alpha value is -3.23. The lowest BCUT2D eigenvalue weighted by Gasteiger charge is -2.29. The van der Waals surface area contributed by atoms with Crippen molar-refractivity contribution in [2.24, 2.45) is 0 Å². The van der Waals surface area contributed by atoms with Gasteiger partial charge in [0.15, 0.2) is 0 Å². The highest BCUT2D eigenvalue weighted by molar-refractivity contribution is 7.02. The van der Waals surface area contributed by atoms with Crippen LogP contribution in [0.2, 0.25) is 0 Å². The van der Waals surface area contributed by atoms with E-state index in [0.717, 1.165) is 0 Å². The Morgan fingerprint density at radius 1 is 0.429 bits per heavy atom. The van der Waals surface area contributed by atoms with Crippen LogP contribution in [0.15, 0.2) is 97.1 Å². The lowest BCUT2D eigenvalue weighted by molar-refractivity contribution is 0.721. The average Bonchev–Trinajstić information content (AvgIpc) is 3.22. The normalized spacial score (nSPS) is 15.5. The lowest BCUT2D eigenvalue weighted by Crippen LogP contribution is -2.63. The summed E-state index contributed by atoms with van der Waals surface area (Å²) >= 11 is 0. The van der Waals surface area contributed by atoms with Gasteiger partial charge >= 0.3 is 13.7 Å². The zero-order chi connectivity index (χ0) is 18.2. The van der Waals surface area contributed by atoms with Crippen LogP contribution in [0.4, 0.5) is 11.4 Å². The van der Waals surface area contributed by atoms with Crippen molar-refractivity contribution in [3.63, 3.8) is 0 Å². The number of hydrazine groups is 1. The Labute approximate surface area is 165 Å². The maximum absolute atomic E-state index is 2.60. The van der Waals surface area contributed by atoms with E-state index in [9.17, 15) is 0 Å². The summed E-state index contributed by atoms with van der Waals surface area (Å²) in [4.78, 5) is 2.60. The van der Waals surface area contributed by atoms with Crippen molar-refractivity contribution < 1.29 is 0 Å². The van der Waals surface area contributed by atoms with Gasteiger partial charge in [-0.2, -0.15) is 0 Å². The molecule has 3 heterocycles. The zero-order valence-electron chi connectivity index (χ0n) is 15.3. The van der Waals surface area contributed by atoms with E-state index in [1.807, 2.05) is 0 Å².